The van der Waals surface area contributed by atoms with Gasteiger partial charge in [-0.05, 0) is 12.1 Å². The highest BCUT2D eigenvalue weighted by Crippen LogP contribution is 2.18. The molecule has 0 aliphatic rings. The lowest BCUT2D eigenvalue weighted by Crippen LogP contribution is -2.39. The molecular weight excluding hydrogens is 263 g/mol. The maximum Gasteiger partial charge on any atom is 0.320 e. The molecule has 1 aromatic heterocycles. The van der Waals surface area contributed by atoms with Gasteiger partial charge in [0.25, 0.3) is 0 Å². The number of ether oxygens (including phenoxy) is 1. The van der Waals surface area contributed by atoms with E-state index < -0.39 is 16.9 Å². The molecule has 0 spiro atoms. The van der Waals surface area contributed by atoms with E-state index >= 15 is 0 Å². The van der Waals surface area contributed by atoms with Crippen LogP contribution in [0.4, 0.5) is 4.39 Å². The van der Waals surface area contributed by atoms with Crippen LogP contribution in [0.1, 0.15) is 0 Å². The summed E-state index contributed by atoms with van der Waals surface area (Å²) in [7, 11) is 1.35. The molecule has 0 atom stereocenters. The average molecular weight is 276 g/mol. The van der Waals surface area contributed by atoms with Gasteiger partial charge in [0.05, 0.1) is 12.8 Å². The van der Waals surface area contributed by atoms with Crippen LogP contribution >= 0.6 is 0 Å². The lowest BCUT2D eigenvalue weighted by molar-refractivity contribution is 0.386. The van der Waals surface area contributed by atoms with Gasteiger partial charge < -0.3 is 9.30 Å². The van der Waals surface area contributed by atoms with E-state index in [-0.39, 0.29) is 18.0 Å². The van der Waals surface area contributed by atoms with Crippen molar-refractivity contribution < 1.29 is 9.13 Å². The van der Waals surface area contributed by atoms with E-state index in [1.54, 1.807) is 0 Å². The minimum absolute atomic E-state index is 0.0711. The highest BCUT2D eigenvalue weighted by atomic mass is 19.1. The molecule has 0 aliphatic heterocycles. The first-order chi connectivity index (χ1) is 9.58. The van der Waals surface area contributed by atoms with Crippen molar-refractivity contribution in [1.29, 1.82) is 0 Å². The number of methoxy groups -OCH3 is 1. The third kappa shape index (κ3) is 2.40. The summed E-state index contributed by atoms with van der Waals surface area (Å²) in [6.07, 6.45) is 4.38. The van der Waals surface area contributed by atoms with Gasteiger partial charge in [-0.15, -0.1) is 6.58 Å². The first kappa shape index (κ1) is 13.8. The third-order valence-electron chi connectivity index (χ3n) is 2.80. The van der Waals surface area contributed by atoms with E-state index in [9.17, 15) is 14.0 Å². The fourth-order valence-electron chi connectivity index (χ4n) is 1.80. The van der Waals surface area contributed by atoms with Crippen molar-refractivity contribution in [2.45, 2.75) is 6.54 Å². The summed E-state index contributed by atoms with van der Waals surface area (Å²) in [5.41, 5.74) is -1.18. The van der Waals surface area contributed by atoms with Gasteiger partial charge in [-0.25, -0.2) is 4.39 Å². The van der Waals surface area contributed by atoms with Crippen LogP contribution in [0.5, 0.6) is 5.75 Å². The molecule has 0 amide bonds. The van der Waals surface area contributed by atoms with E-state index in [1.165, 1.54) is 42.3 Å². The molecule has 2 rings (SSSR count). The predicted molar refractivity (Wildman–Crippen MR) is 73.0 cm³/mol. The fraction of sp³-hybridized carbons (Fsp3) is 0.143. The lowest BCUT2D eigenvalue weighted by Gasteiger charge is -2.09. The van der Waals surface area contributed by atoms with E-state index in [0.29, 0.717) is 0 Å². The number of nitrogens with zero attached hydrogens (tertiary/aromatic N) is 2. The minimum atomic E-state index is -0.751. The molecule has 0 fully saturated rings. The maximum atomic E-state index is 13.6. The van der Waals surface area contributed by atoms with Gasteiger partial charge in [-0.2, -0.15) is 0 Å². The van der Waals surface area contributed by atoms with Crippen LogP contribution in [0, 0.1) is 5.82 Å². The van der Waals surface area contributed by atoms with Crippen molar-refractivity contribution in [2.24, 2.45) is 0 Å². The summed E-state index contributed by atoms with van der Waals surface area (Å²) < 4.78 is 20.7. The van der Waals surface area contributed by atoms with E-state index in [1.807, 2.05) is 0 Å². The highest BCUT2D eigenvalue weighted by molar-refractivity contribution is 5.38. The zero-order chi connectivity index (χ0) is 14.7. The van der Waals surface area contributed by atoms with Gasteiger partial charge >= 0.3 is 11.1 Å². The van der Waals surface area contributed by atoms with Crippen LogP contribution in [0.25, 0.3) is 5.69 Å². The average Bonchev–Trinajstić information content (AvgIpc) is 2.44. The van der Waals surface area contributed by atoms with Crippen molar-refractivity contribution in [1.82, 2.24) is 9.13 Å². The van der Waals surface area contributed by atoms with Crippen molar-refractivity contribution >= 4 is 0 Å². The largest absolute Gasteiger partial charge is 0.494 e. The van der Waals surface area contributed by atoms with Gasteiger partial charge in [-0.1, -0.05) is 6.08 Å². The first-order valence-corrected chi connectivity index (χ1v) is 5.85. The van der Waals surface area contributed by atoms with Gasteiger partial charge in [-0.3, -0.25) is 14.2 Å². The zero-order valence-corrected chi connectivity index (χ0v) is 10.9. The number of halogens is 1. The SMILES string of the molecule is C=CCn1ccn(-c2ccc(OC)c(F)c2)c(=O)c1=O. The number of hydrogen-bond donors (Lipinski definition) is 0. The Labute approximate surface area is 114 Å². The van der Waals surface area contributed by atoms with Gasteiger partial charge in [0.2, 0.25) is 0 Å². The standard InChI is InChI=1S/C14H13FN2O3/c1-3-6-16-7-8-17(14(19)13(16)18)10-4-5-12(20-2)11(15)9-10/h3-5,7-9H,1,6H2,2H3. The van der Waals surface area contributed by atoms with Crippen LogP contribution in [-0.2, 0) is 6.54 Å². The van der Waals surface area contributed by atoms with Crippen molar-refractivity contribution in [2.75, 3.05) is 7.11 Å². The van der Waals surface area contributed by atoms with Crippen LogP contribution in [-0.4, -0.2) is 16.2 Å². The minimum Gasteiger partial charge on any atom is -0.494 e. The van der Waals surface area contributed by atoms with Gasteiger partial charge in [0.1, 0.15) is 0 Å². The highest BCUT2D eigenvalue weighted by Gasteiger charge is 2.09. The monoisotopic (exact) mass is 276 g/mol. The second-order valence-electron chi connectivity index (χ2n) is 4.04. The molecule has 0 aliphatic carbocycles. The van der Waals surface area contributed by atoms with E-state index in [4.69, 9.17) is 4.74 Å². The van der Waals surface area contributed by atoms with E-state index in [2.05, 4.69) is 6.58 Å². The van der Waals surface area contributed by atoms with Crippen LogP contribution in [0.2, 0.25) is 0 Å². The second kappa shape index (κ2) is 5.56. The summed E-state index contributed by atoms with van der Waals surface area (Å²) in [5.74, 6) is -0.533. The third-order valence-corrected chi connectivity index (χ3v) is 2.80. The molecule has 20 heavy (non-hydrogen) atoms. The number of aromatic nitrogens is 2. The smallest absolute Gasteiger partial charge is 0.320 e. The first-order valence-electron chi connectivity index (χ1n) is 5.85. The van der Waals surface area contributed by atoms with Crippen LogP contribution in [0.3, 0.4) is 0 Å². The Morgan fingerprint density at radius 1 is 1.30 bits per heavy atom. The van der Waals surface area contributed by atoms with Crippen LogP contribution in [0.15, 0.2) is 52.8 Å². The second-order valence-corrected chi connectivity index (χ2v) is 4.04. The Hall–Kier alpha value is -2.63. The molecule has 6 heteroatoms. The summed E-state index contributed by atoms with van der Waals surface area (Å²) >= 11 is 0. The molecule has 0 radical (unpaired) electrons. The van der Waals surface area contributed by atoms with Gasteiger partial charge in [0.15, 0.2) is 11.6 Å². The zero-order valence-electron chi connectivity index (χ0n) is 10.9. The fourth-order valence-corrected chi connectivity index (χ4v) is 1.80. The number of allylic oxidation sites excluding steroid dienone is 1. The summed E-state index contributed by atoms with van der Waals surface area (Å²) in [6.45, 7) is 3.75. The Bertz CT molecular complexity index is 762. The molecule has 0 saturated heterocycles. The summed E-state index contributed by atoms with van der Waals surface area (Å²) in [5, 5.41) is 0. The normalized spacial score (nSPS) is 10.3. The molecule has 104 valence electrons. The molecule has 0 saturated carbocycles. The van der Waals surface area contributed by atoms with Crippen LogP contribution < -0.4 is 15.9 Å². The Morgan fingerprint density at radius 3 is 2.65 bits per heavy atom. The van der Waals surface area contributed by atoms with Crippen molar-refractivity contribution in [3.05, 3.63) is 69.8 Å². The van der Waals surface area contributed by atoms with Crippen molar-refractivity contribution in [3.63, 3.8) is 0 Å². The molecule has 0 bridgehead atoms. The quantitative estimate of drug-likeness (QED) is 0.625. The molecule has 1 aromatic carbocycles. The molecule has 1 heterocycles. The number of rotatable bonds is 4. The number of benzene rings is 1. The molecular formula is C14H13FN2O3. The molecule has 0 N–H and O–H groups in total. The van der Waals surface area contributed by atoms with E-state index in [0.717, 1.165) is 10.6 Å². The Balaban J connectivity index is 2.57. The molecule has 2 aromatic rings. The predicted octanol–water partition coefficient (Wildman–Crippen LogP) is 1.33. The topological polar surface area (TPSA) is 53.2 Å². The number of hydrogen-bond acceptors (Lipinski definition) is 3. The molecule has 5 nitrogen and oxygen atoms in total. The van der Waals surface area contributed by atoms with Gasteiger partial charge in [0, 0.05) is 25.0 Å². The summed E-state index contributed by atoms with van der Waals surface area (Å²) in [4.78, 5) is 23.8. The Morgan fingerprint density at radius 2 is 2.05 bits per heavy atom. The van der Waals surface area contributed by atoms with Crippen molar-refractivity contribution in [3.8, 4) is 11.4 Å². The maximum absolute atomic E-state index is 13.6. The summed E-state index contributed by atoms with van der Waals surface area (Å²) in [6, 6.07) is 4.03. The molecule has 0 unspecified atom stereocenters. The lowest BCUT2D eigenvalue weighted by atomic mass is 10.3. The Kier molecular flexibility index (Phi) is 3.84.